The maximum atomic E-state index is 10.7. The van der Waals surface area contributed by atoms with E-state index in [1.165, 1.54) is 6.07 Å². The lowest BCUT2D eigenvalue weighted by Gasteiger charge is -2.01. The number of nitro benzene ring substituents is 1. The molecule has 0 fully saturated rings. The van der Waals surface area contributed by atoms with Gasteiger partial charge in [0.05, 0.1) is 15.8 Å². The molecule has 15 heavy (non-hydrogen) atoms. The van der Waals surface area contributed by atoms with Crippen molar-refractivity contribution in [3.8, 4) is 0 Å². The molecule has 0 saturated carbocycles. The van der Waals surface area contributed by atoms with Crippen LogP contribution in [0.5, 0.6) is 0 Å². The molecule has 0 unspecified atom stereocenters. The Morgan fingerprint density at radius 1 is 1.33 bits per heavy atom. The molecule has 1 aromatic heterocycles. The predicted octanol–water partition coefficient (Wildman–Crippen LogP) is 2.18. The number of nitrogens with one attached hydrogen (secondary N) is 1. The second-order valence-corrected chi connectivity index (χ2v) is 3.05. The zero-order valence-electron chi connectivity index (χ0n) is 8.10. The van der Waals surface area contributed by atoms with Gasteiger partial charge in [0.2, 0.25) is 0 Å². The summed E-state index contributed by atoms with van der Waals surface area (Å²) in [6.45, 7) is 0. The molecule has 0 saturated heterocycles. The molecule has 2 rings (SSSR count). The van der Waals surface area contributed by atoms with Crippen molar-refractivity contribution in [3.05, 3.63) is 40.4 Å². The first-order valence-electron chi connectivity index (χ1n) is 4.44. The fourth-order valence-corrected chi connectivity index (χ4v) is 1.44. The summed E-state index contributed by atoms with van der Waals surface area (Å²) >= 11 is 0. The Balaban J connectivity index is 2.72. The summed E-state index contributed by atoms with van der Waals surface area (Å²) in [5, 5.41) is 14.2. The Morgan fingerprint density at radius 3 is 2.80 bits per heavy atom. The molecule has 0 radical (unpaired) electrons. The summed E-state index contributed by atoms with van der Waals surface area (Å²) in [6, 6.07) is 8.28. The number of anilines is 1. The summed E-state index contributed by atoms with van der Waals surface area (Å²) in [5.41, 5.74) is 0.707. The molecule has 0 amide bonds. The molecule has 0 aliphatic carbocycles. The predicted molar refractivity (Wildman–Crippen MR) is 57.9 cm³/mol. The van der Waals surface area contributed by atoms with Crippen LogP contribution in [0.3, 0.4) is 0 Å². The highest BCUT2D eigenvalue weighted by Crippen LogP contribution is 2.24. The third-order valence-corrected chi connectivity index (χ3v) is 2.16. The van der Waals surface area contributed by atoms with Crippen molar-refractivity contribution in [3.63, 3.8) is 0 Å². The molecule has 0 atom stereocenters. The average Bonchev–Trinajstić information content (AvgIpc) is 2.27. The molecule has 76 valence electrons. The zero-order valence-corrected chi connectivity index (χ0v) is 8.10. The van der Waals surface area contributed by atoms with Gasteiger partial charge < -0.3 is 5.32 Å². The molecule has 0 aliphatic rings. The number of nitrogens with zero attached hydrogens (tertiary/aromatic N) is 2. The van der Waals surface area contributed by atoms with E-state index in [2.05, 4.69) is 10.3 Å². The summed E-state index contributed by atoms with van der Waals surface area (Å²) in [7, 11) is 1.76. The van der Waals surface area contributed by atoms with E-state index in [4.69, 9.17) is 0 Å². The van der Waals surface area contributed by atoms with Crippen LogP contribution >= 0.6 is 0 Å². The van der Waals surface area contributed by atoms with Gasteiger partial charge in [0, 0.05) is 13.1 Å². The van der Waals surface area contributed by atoms with Crippen LogP contribution in [0.15, 0.2) is 30.3 Å². The second kappa shape index (κ2) is 3.53. The van der Waals surface area contributed by atoms with Crippen LogP contribution in [0, 0.1) is 10.1 Å². The van der Waals surface area contributed by atoms with E-state index in [0.29, 0.717) is 16.7 Å². The Bertz CT molecular complexity index is 525. The van der Waals surface area contributed by atoms with Gasteiger partial charge in [-0.2, -0.15) is 0 Å². The molecule has 0 aliphatic heterocycles. The highest BCUT2D eigenvalue weighted by molar-refractivity contribution is 5.88. The minimum Gasteiger partial charge on any atom is -0.373 e. The highest BCUT2D eigenvalue weighted by Gasteiger charge is 2.11. The van der Waals surface area contributed by atoms with Gasteiger partial charge >= 0.3 is 0 Å². The van der Waals surface area contributed by atoms with E-state index < -0.39 is 4.92 Å². The number of nitro groups is 1. The normalized spacial score (nSPS) is 10.2. The van der Waals surface area contributed by atoms with Crippen molar-refractivity contribution >= 4 is 22.4 Å². The lowest BCUT2D eigenvalue weighted by atomic mass is 10.2. The number of pyridine rings is 1. The third-order valence-electron chi connectivity index (χ3n) is 2.16. The standard InChI is InChI=1S/C10H9N3O2/c1-11-10-6-5-7-8(12-10)3-2-4-9(7)13(14)15/h2-6H,1H3,(H,11,12). The van der Waals surface area contributed by atoms with Crippen LogP contribution in [-0.4, -0.2) is 17.0 Å². The van der Waals surface area contributed by atoms with E-state index in [1.54, 1.807) is 31.3 Å². The van der Waals surface area contributed by atoms with Crippen LogP contribution in [0.4, 0.5) is 11.5 Å². The van der Waals surface area contributed by atoms with E-state index in [-0.39, 0.29) is 5.69 Å². The van der Waals surface area contributed by atoms with Crippen LogP contribution < -0.4 is 5.32 Å². The first kappa shape index (κ1) is 9.39. The van der Waals surface area contributed by atoms with E-state index >= 15 is 0 Å². The van der Waals surface area contributed by atoms with E-state index in [9.17, 15) is 10.1 Å². The van der Waals surface area contributed by atoms with Crippen molar-refractivity contribution in [2.24, 2.45) is 0 Å². The summed E-state index contributed by atoms with van der Waals surface area (Å²) < 4.78 is 0. The maximum absolute atomic E-state index is 10.7. The number of hydrogen-bond donors (Lipinski definition) is 1. The van der Waals surface area contributed by atoms with Gasteiger partial charge in [0.1, 0.15) is 5.82 Å². The Labute approximate surface area is 85.9 Å². The van der Waals surface area contributed by atoms with Gasteiger partial charge in [-0.15, -0.1) is 0 Å². The second-order valence-electron chi connectivity index (χ2n) is 3.05. The summed E-state index contributed by atoms with van der Waals surface area (Å²) in [4.78, 5) is 14.6. The lowest BCUT2D eigenvalue weighted by Crippen LogP contribution is -1.94. The first-order chi connectivity index (χ1) is 7.22. The molecule has 1 heterocycles. The minimum absolute atomic E-state index is 0.0858. The smallest absolute Gasteiger partial charge is 0.278 e. The highest BCUT2D eigenvalue weighted by atomic mass is 16.6. The van der Waals surface area contributed by atoms with E-state index in [1.807, 2.05) is 0 Å². The minimum atomic E-state index is -0.400. The van der Waals surface area contributed by atoms with Gasteiger partial charge in [-0.25, -0.2) is 4.98 Å². The number of hydrogen-bond acceptors (Lipinski definition) is 4. The van der Waals surface area contributed by atoms with Gasteiger partial charge in [-0.05, 0) is 18.2 Å². The van der Waals surface area contributed by atoms with E-state index in [0.717, 1.165) is 0 Å². The van der Waals surface area contributed by atoms with Gasteiger partial charge in [-0.3, -0.25) is 10.1 Å². The van der Waals surface area contributed by atoms with Gasteiger partial charge in [0.15, 0.2) is 0 Å². The molecule has 2 aromatic rings. The van der Waals surface area contributed by atoms with Crippen molar-refractivity contribution in [1.29, 1.82) is 0 Å². The molecule has 0 bridgehead atoms. The Hall–Kier alpha value is -2.17. The van der Waals surface area contributed by atoms with Crippen molar-refractivity contribution < 1.29 is 4.92 Å². The SMILES string of the molecule is CNc1ccc2c([N+](=O)[O-])cccc2n1. The van der Waals surface area contributed by atoms with Crippen molar-refractivity contribution in [2.45, 2.75) is 0 Å². The van der Waals surface area contributed by atoms with Crippen LogP contribution in [0.1, 0.15) is 0 Å². The van der Waals surface area contributed by atoms with Crippen molar-refractivity contribution in [1.82, 2.24) is 4.98 Å². The number of non-ortho nitro benzene ring substituents is 1. The topological polar surface area (TPSA) is 68.1 Å². The zero-order chi connectivity index (χ0) is 10.8. The fraction of sp³-hybridized carbons (Fsp3) is 0.100. The average molecular weight is 203 g/mol. The molecule has 0 spiro atoms. The number of fused-ring (bicyclic) bond motifs is 1. The summed E-state index contributed by atoms with van der Waals surface area (Å²) in [6.07, 6.45) is 0. The lowest BCUT2D eigenvalue weighted by molar-refractivity contribution is -0.383. The third kappa shape index (κ3) is 1.59. The fourth-order valence-electron chi connectivity index (χ4n) is 1.44. The van der Waals surface area contributed by atoms with Crippen LogP contribution in [-0.2, 0) is 0 Å². The maximum Gasteiger partial charge on any atom is 0.278 e. The number of benzene rings is 1. The van der Waals surface area contributed by atoms with Gasteiger partial charge in [0.25, 0.3) is 5.69 Å². The van der Waals surface area contributed by atoms with Crippen molar-refractivity contribution in [2.75, 3.05) is 12.4 Å². The molecule has 1 aromatic carbocycles. The first-order valence-corrected chi connectivity index (χ1v) is 4.44. The molecular formula is C10H9N3O2. The summed E-state index contributed by atoms with van der Waals surface area (Å²) in [5.74, 6) is 0.697. The largest absolute Gasteiger partial charge is 0.373 e. The number of aromatic nitrogens is 1. The Kier molecular flexibility index (Phi) is 2.21. The quantitative estimate of drug-likeness (QED) is 0.600. The molecule has 1 N–H and O–H groups in total. The molecule has 5 heteroatoms. The van der Waals surface area contributed by atoms with Crippen LogP contribution in [0.25, 0.3) is 10.9 Å². The Morgan fingerprint density at radius 2 is 2.13 bits per heavy atom. The van der Waals surface area contributed by atoms with Gasteiger partial charge in [-0.1, -0.05) is 6.07 Å². The van der Waals surface area contributed by atoms with Crippen LogP contribution in [0.2, 0.25) is 0 Å². The monoisotopic (exact) mass is 203 g/mol. The number of rotatable bonds is 2. The molecule has 5 nitrogen and oxygen atoms in total. The molecular weight excluding hydrogens is 194 g/mol.